The van der Waals surface area contributed by atoms with E-state index in [0.717, 1.165) is 28.0 Å². The summed E-state index contributed by atoms with van der Waals surface area (Å²) in [6.07, 6.45) is 4.42. The summed E-state index contributed by atoms with van der Waals surface area (Å²) < 4.78 is 5.07. The molecular formula is C24H26N2O3. The lowest BCUT2D eigenvalue weighted by molar-refractivity contribution is -0.118. The maximum Gasteiger partial charge on any atom is 0.407 e. The average Bonchev–Trinajstić information content (AvgIpc) is 2.69. The molecule has 0 unspecified atom stereocenters. The summed E-state index contributed by atoms with van der Waals surface area (Å²) in [5.41, 5.74) is 4.99. The van der Waals surface area contributed by atoms with Crippen molar-refractivity contribution in [2.75, 3.05) is 18.1 Å². The molecule has 0 spiro atoms. The summed E-state index contributed by atoms with van der Waals surface area (Å²) in [5, 5.41) is 2.65. The average molecular weight is 390 g/mol. The third-order valence-electron chi connectivity index (χ3n) is 4.72. The lowest BCUT2D eigenvalue weighted by Gasteiger charge is -2.27. The van der Waals surface area contributed by atoms with Gasteiger partial charge < -0.3 is 15.0 Å². The highest BCUT2D eigenvalue weighted by atomic mass is 16.5. The molecule has 0 saturated heterocycles. The van der Waals surface area contributed by atoms with Gasteiger partial charge in [-0.15, -0.1) is 6.58 Å². The van der Waals surface area contributed by atoms with Gasteiger partial charge in [-0.3, -0.25) is 4.79 Å². The van der Waals surface area contributed by atoms with Gasteiger partial charge in [0, 0.05) is 19.4 Å². The molecule has 1 heterocycles. The fourth-order valence-electron chi connectivity index (χ4n) is 3.15. The number of ether oxygens (including phenoxy) is 1. The first-order valence-corrected chi connectivity index (χ1v) is 9.75. The molecule has 1 aliphatic heterocycles. The van der Waals surface area contributed by atoms with Crippen molar-refractivity contribution >= 4 is 29.8 Å². The van der Waals surface area contributed by atoms with Crippen LogP contribution in [0.4, 0.5) is 10.5 Å². The van der Waals surface area contributed by atoms with Crippen LogP contribution in [0, 0.1) is 0 Å². The molecule has 2 amide bonds. The number of rotatable bonds is 6. The number of nitrogens with one attached hydrogen (secondary N) is 1. The predicted molar refractivity (Wildman–Crippen MR) is 116 cm³/mol. The topological polar surface area (TPSA) is 58.6 Å². The first-order chi connectivity index (χ1) is 14.0. The van der Waals surface area contributed by atoms with E-state index < -0.39 is 6.09 Å². The van der Waals surface area contributed by atoms with Crippen LogP contribution in [0.15, 0.2) is 60.7 Å². The molecule has 0 aromatic heterocycles. The van der Waals surface area contributed by atoms with Crippen LogP contribution in [0.1, 0.15) is 36.5 Å². The summed E-state index contributed by atoms with van der Waals surface area (Å²) in [4.78, 5) is 26.5. The number of amides is 2. The van der Waals surface area contributed by atoms with Crippen molar-refractivity contribution < 1.29 is 14.3 Å². The molecule has 29 heavy (non-hydrogen) atoms. The minimum atomic E-state index is -0.514. The second-order valence-electron chi connectivity index (χ2n) is 7.09. The van der Waals surface area contributed by atoms with Crippen molar-refractivity contribution in [2.24, 2.45) is 0 Å². The van der Waals surface area contributed by atoms with Gasteiger partial charge in [-0.2, -0.15) is 0 Å². The number of para-hydroxylation sites is 1. The fraction of sp³-hybridized carbons (Fsp3) is 0.250. The molecule has 5 heteroatoms. The molecule has 0 saturated carbocycles. The monoisotopic (exact) mass is 390 g/mol. The van der Waals surface area contributed by atoms with Crippen LogP contribution in [0.5, 0.6) is 0 Å². The number of benzene rings is 2. The Bertz CT molecular complexity index is 933. The summed E-state index contributed by atoms with van der Waals surface area (Å²) >= 11 is 0. The third-order valence-corrected chi connectivity index (χ3v) is 4.72. The first-order valence-electron chi connectivity index (χ1n) is 9.75. The number of fused-ring (bicyclic) bond motifs is 2. The molecule has 0 fully saturated rings. The SMILES string of the molecule is C=C(C)CCOC(=O)NCCC(=O)N1Cc2ccccc2/C=C\c2ccccc21. The molecule has 5 nitrogen and oxygen atoms in total. The van der Waals surface area contributed by atoms with E-state index in [1.54, 1.807) is 4.90 Å². The Labute approximate surface area is 171 Å². The van der Waals surface area contributed by atoms with Gasteiger partial charge in [0.15, 0.2) is 0 Å². The largest absolute Gasteiger partial charge is 0.449 e. The molecule has 0 radical (unpaired) electrons. The van der Waals surface area contributed by atoms with Crippen LogP contribution < -0.4 is 10.2 Å². The number of carbonyl (C=O) groups is 2. The maximum absolute atomic E-state index is 13.0. The van der Waals surface area contributed by atoms with E-state index in [2.05, 4.69) is 18.0 Å². The van der Waals surface area contributed by atoms with Gasteiger partial charge in [0.2, 0.25) is 5.91 Å². The number of carbonyl (C=O) groups excluding carboxylic acids is 2. The Hall–Kier alpha value is -3.34. The van der Waals surface area contributed by atoms with Gasteiger partial charge in [0.1, 0.15) is 0 Å². The molecule has 3 rings (SSSR count). The van der Waals surface area contributed by atoms with Gasteiger partial charge in [-0.05, 0) is 29.7 Å². The van der Waals surface area contributed by atoms with Crippen LogP contribution in [0.2, 0.25) is 0 Å². The molecule has 0 bridgehead atoms. The molecule has 0 atom stereocenters. The molecule has 0 aliphatic carbocycles. The van der Waals surface area contributed by atoms with Crippen LogP contribution in [-0.2, 0) is 16.1 Å². The Morgan fingerprint density at radius 1 is 1.03 bits per heavy atom. The van der Waals surface area contributed by atoms with E-state index in [9.17, 15) is 9.59 Å². The van der Waals surface area contributed by atoms with E-state index in [0.29, 0.717) is 13.0 Å². The minimum Gasteiger partial charge on any atom is -0.449 e. The second-order valence-corrected chi connectivity index (χ2v) is 7.09. The van der Waals surface area contributed by atoms with Crippen molar-refractivity contribution in [3.05, 3.63) is 77.4 Å². The Morgan fingerprint density at radius 3 is 2.52 bits per heavy atom. The highest BCUT2D eigenvalue weighted by molar-refractivity contribution is 5.97. The van der Waals surface area contributed by atoms with E-state index >= 15 is 0 Å². The Kier molecular flexibility index (Phi) is 6.85. The van der Waals surface area contributed by atoms with Crippen molar-refractivity contribution in [3.63, 3.8) is 0 Å². The van der Waals surface area contributed by atoms with Crippen LogP contribution >= 0.6 is 0 Å². The summed E-state index contributed by atoms with van der Waals surface area (Å²) in [5.74, 6) is -0.0511. The van der Waals surface area contributed by atoms with Crippen LogP contribution in [0.3, 0.4) is 0 Å². The van der Waals surface area contributed by atoms with Crippen molar-refractivity contribution in [1.29, 1.82) is 0 Å². The third kappa shape index (κ3) is 5.57. The second kappa shape index (κ2) is 9.73. The molecule has 1 aliphatic rings. The van der Waals surface area contributed by atoms with E-state index in [1.807, 2.05) is 61.5 Å². The zero-order valence-corrected chi connectivity index (χ0v) is 16.7. The highest BCUT2D eigenvalue weighted by Crippen LogP contribution is 2.29. The Balaban J connectivity index is 1.67. The maximum atomic E-state index is 13.0. The molecule has 2 aromatic carbocycles. The summed E-state index contributed by atoms with van der Waals surface area (Å²) in [6, 6.07) is 15.9. The van der Waals surface area contributed by atoms with E-state index in [4.69, 9.17) is 4.74 Å². The number of hydrogen-bond donors (Lipinski definition) is 1. The predicted octanol–water partition coefficient (Wildman–Crippen LogP) is 4.79. The zero-order chi connectivity index (χ0) is 20.6. The number of anilines is 1. The number of nitrogens with zero attached hydrogens (tertiary/aromatic N) is 1. The number of hydrogen-bond acceptors (Lipinski definition) is 3. The highest BCUT2D eigenvalue weighted by Gasteiger charge is 2.20. The molecule has 150 valence electrons. The fourth-order valence-corrected chi connectivity index (χ4v) is 3.15. The number of alkyl carbamates (subject to hydrolysis) is 1. The Morgan fingerprint density at radius 2 is 1.72 bits per heavy atom. The van der Waals surface area contributed by atoms with Crippen molar-refractivity contribution in [1.82, 2.24) is 5.32 Å². The smallest absolute Gasteiger partial charge is 0.407 e. The normalized spacial score (nSPS) is 13.3. The molecular weight excluding hydrogens is 364 g/mol. The standard InChI is InChI=1S/C24H26N2O3/c1-18(2)14-16-29-24(28)25-15-13-23(27)26-17-21-9-4-3-7-19(21)11-12-20-8-5-6-10-22(20)26/h3-12H,1,13-17H2,2H3,(H,25,28)/b12-11-. The molecule has 2 aromatic rings. The summed E-state index contributed by atoms with van der Waals surface area (Å²) in [7, 11) is 0. The summed E-state index contributed by atoms with van der Waals surface area (Å²) in [6.45, 7) is 6.65. The van der Waals surface area contributed by atoms with Gasteiger partial charge in [-0.25, -0.2) is 4.79 Å². The molecule has 1 N–H and O–H groups in total. The van der Waals surface area contributed by atoms with Gasteiger partial charge >= 0.3 is 6.09 Å². The quantitative estimate of drug-likeness (QED) is 0.722. The van der Waals surface area contributed by atoms with Gasteiger partial charge in [0.25, 0.3) is 0 Å². The minimum absolute atomic E-state index is 0.0511. The zero-order valence-electron chi connectivity index (χ0n) is 16.7. The first kappa shape index (κ1) is 20.4. The van der Waals surface area contributed by atoms with Crippen molar-refractivity contribution in [3.8, 4) is 0 Å². The lowest BCUT2D eigenvalue weighted by Crippen LogP contribution is -2.35. The van der Waals surface area contributed by atoms with Crippen molar-refractivity contribution in [2.45, 2.75) is 26.3 Å². The van der Waals surface area contributed by atoms with E-state index in [-0.39, 0.29) is 25.5 Å². The lowest BCUT2D eigenvalue weighted by atomic mass is 10.0. The van der Waals surface area contributed by atoms with Gasteiger partial charge in [0.05, 0.1) is 18.8 Å². The van der Waals surface area contributed by atoms with Crippen LogP contribution in [0.25, 0.3) is 12.2 Å². The van der Waals surface area contributed by atoms with E-state index in [1.165, 1.54) is 0 Å². The van der Waals surface area contributed by atoms with Gasteiger partial charge in [-0.1, -0.05) is 60.2 Å². The van der Waals surface area contributed by atoms with Crippen LogP contribution in [-0.4, -0.2) is 25.2 Å².